The van der Waals surface area contributed by atoms with E-state index in [0.717, 1.165) is 37.2 Å². The molecule has 2 aliphatic heterocycles. The largest absolute Gasteiger partial charge is 0.497 e. The molecular formula is C19H26N2O4. The van der Waals surface area contributed by atoms with Crippen LogP contribution in [0, 0.1) is 5.92 Å². The van der Waals surface area contributed by atoms with Crippen molar-refractivity contribution in [2.45, 2.75) is 31.8 Å². The summed E-state index contributed by atoms with van der Waals surface area (Å²) in [7, 11) is 1.64. The third-order valence-corrected chi connectivity index (χ3v) is 4.92. The Balaban J connectivity index is 1.45. The number of carbonyl (C=O) groups is 2. The number of hydrogen-bond donors (Lipinski definition) is 1. The van der Waals surface area contributed by atoms with Crippen molar-refractivity contribution in [3.05, 3.63) is 29.8 Å². The predicted octanol–water partition coefficient (Wildman–Crippen LogP) is 1.38. The SMILES string of the molecule is COc1cccc(CCN2CC(C(=O)NCC3CCCO3)CC2=O)c1. The molecule has 0 radical (unpaired) electrons. The zero-order valence-electron chi connectivity index (χ0n) is 14.7. The van der Waals surface area contributed by atoms with Gasteiger partial charge in [-0.1, -0.05) is 12.1 Å². The Morgan fingerprint density at radius 1 is 1.44 bits per heavy atom. The number of methoxy groups -OCH3 is 1. The molecule has 6 nitrogen and oxygen atoms in total. The molecule has 25 heavy (non-hydrogen) atoms. The molecule has 1 aromatic carbocycles. The molecule has 1 aromatic rings. The highest BCUT2D eigenvalue weighted by molar-refractivity contribution is 5.89. The van der Waals surface area contributed by atoms with Crippen molar-refractivity contribution in [1.82, 2.24) is 10.2 Å². The molecule has 2 amide bonds. The molecular weight excluding hydrogens is 320 g/mol. The summed E-state index contributed by atoms with van der Waals surface area (Å²) in [6, 6.07) is 7.85. The van der Waals surface area contributed by atoms with Gasteiger partial charge in [0, 0.05) is 32.7 Å². The fraction of sp³-hybridized carbons (Fsp3) is 0.579. The quantitative estimate of drug-likeness (QED) is 0.810. The first-order valence-corrected chi connectivity index (χ1v) is 8.95. The molecule has 0 spiro atoms. The number of nitrogens with one attached hydrogen (secondary N) is 1. The highest BCUT2D eigenvalue weighted by Crippen LogP contribution is 2.20. The number of nitrogens with zero attached hydrogens (tertiary/aromatic N) is 1. The standard InChI is InChI=1S/C19H26N2O4/c1-24-16-5-2-4-14(10-16)7-8-21-13-15(11-18(21)22)19(23)20-12-17-6-3-9-25-17/h2,4-5,10,15,17H,3,6-9,11-13H2,1H3,(H,20,23). The van der Waals surface area contributed by atoms with E-state index in [-0.39, 0.29) is 23.8 Å². The van der Waals surface area contributed by atoms with E-state index in [9.17, 15) is 9.59 Å². The molecule has 6 heteroatoms. The number of rotatable bonds is 7. The minimum Gasteiger partial charge on any atom is -0.497 e. The van der Waals surface area contributed by atoms with Crippen LogP contribution in [0.15, 0.2) is 24.3 Å². The van der Waals surface area contributed by atoms with Gasteiger partial charge in [-0.2, -0.15) is 0 Å². The molecule has 2 atom stereocenters. The fourth-order valence-corrected chi connectivity index (χ4v) is 3.42. The summed E-state index contributed by atoms with van der Waals surface area (Å²) in [5.74, 6) is 0.587. The van der Waals surface area contributed by atoms with Crippen molar-refractivity contribution in [2.75, 3.05) is 33.4 Å². The van der Waals surface area contributed by atoms with Crippen LogP contribution in [0.25, 0.3) is 0 Å². The molecule has 0 saturated carbocycles. The summed E-state index contributed by atoms with van der Waals surface area (Å²) in [5.41, 5.74) is 1.12. The Kier molecular flexibility index (Phi) is 5.91. The Morgan fingerprint density at radius 3 is 3.08 bits per heavy atom. The monoisotopic (exact) mass is 346 g/mol. The van der Waals surface area contributed by atoms with E-state index < -0.39 is 0 Å². The average Bonchev–Trinajstić information content (AvgIpc) is 3.28. The van der Waals surface area contributed by atoms with Crippen LogP contribution in [0.3, 0.4) is 0 Å². The second-order valence-electron chi connectivity index (χ2n) is 6.72. The maximum absolute atomic E-state index is 12.3. The maximum atomic E-state index is 12.3. The first-order valence-electron chi connectivity index (χ1n) is 8.95. The van der Waals surface area contributed by atoms with E-state index in [4.69, 9.17) is 9.47 Å². The van der Waals surface area contributed by atoms with Crippen LogP contribution < -0.4 is 10.1 Å². The lowest BCUT2D eigenvalue weighted by molar-refractivity contribution is -0.129. The van der Waals surface area contributed by atoms with Gasteiger partial charge in [-0.25, -0.2) is 0 Å². The Bertz CT molecular complexity index is 613. The number of carbonyl (C=O) groups excluding carboxylic acids is 2. The molecule has 2 heterocycles. The molecule has 2 aliphatic rings. The van der Waals surface area contributed by atoms with Crippen LogP contribution in [-0.4, -0.2) is 56.2 Å². The number of hydrogen-bond acceptors (Lipinski definition) is 4. The summed E-state index contributed by atoms with van der Waals surface area (Å²) >= 11 is 0. The second-order valence-corrected chi connectivity index (χ2v) is 6.72. The van der Waals surface area contributed by atoms with Crippen LogP contribution >= 0.6 is 0 Å². The molecule has 0 bridgehead atoms. The van der Waals surface area contributed by atoms with Crippen molar-refractivity contribution in [1.29, 1.82) is 0 Å². The molecule has 2 fully saturated rings. The van der Waals surface area contributed by atoms with E-state index in [0.29, 0.717) is 26.1 Å². The van der Waals surface area contributed by atoms with Crippen LogP contribution in [0.4, 0.5) is 0 Å². The van der Waals surface area contributed by atoms with Gasteiger partial charge in [-0.15, -0.1) is 0 Å². The van der Waals surface area contributed by atoms with Crippen LogP contribution in [-0.2, 0) is 20.7 Å². The first kappa shape index (κ1) is 17.7. The van der Waals surface area contributed by atoms with Gasteiger partial charge in [-0.3, -0.25) is 9.59 Å². The topological polar surface area (TPSA) is 67.9 Å². The van der Waals surface area contributed by atoms with Gasteiger partial charge in [0.15, 0.2) is 0 Å². The number of amides is 2. The number of benzene rings is 1. The highest BCUT2D eigenvalue weighted by atomic mass is 16.5. The van der Waals surface area contributed by atoms with E-state index in [1.165, 1.54) is 0 Å². The molecule has 0 aromatic heterocycles. The highest BCUT2D eigenvalue weighted by Gasteiger charge is 2.34. The van der Waals surface area contributed by atoms with Gasteiger partial charge in [0.2, 0.25) is 11.8 Å². The van der Waals surface area contributed by atoms with Gasteiger partial charge in [0.25, 0.3) is 0 Å². The van der Waals surface area contributed by atoms with E-state index in [1.807, 2.05) is 24.3 Å². The molecule has 2 unspecified atom stereocenters. The summed E-state index contributed by atoms with van der Waals surface area (Å²) < 4.78 is 10.7. The van der Waals surface area contributed by atoms with Gasteiger partial charge in [0.1, 0.15) is 5.75 Å². The third-order valence-electron chi connectivity index (χ3n) is 4.92. The third kappa shape index (κ3) is 4.72. The van der Waals surface area contributed by atoms with Gasteiger partial charge < -0.3 is 19.7 Å². The first-order chi connectivity index (χ1) is 12.2. The van der Waals surface area contributed by atoms with E-state index >= 15 is 0 Å². The molecule has 136 valence electrons. The lowest BCUT2D eigenvalue weighted by Gasteiger charge is -2.17. The molecule has 2 saturated heterocycles. The van der Waals surface area contributed by atoms with Crippen LogP contribution in [0.2, 0.25) is 0 Å². The summed E-state index contributed by atoms with van der Waals surface area (Å²) in [5, 5.41) is 2.94. The van der Waals surface area contributed by atoms with Gasteiger partial charge in [-0.05, 0) is 37.0 Å². The van der Waals surface area contributed by atoms with Crippen LogP contribution in [0.5, 0.6) is 5.75 Å². The maximum Gasteiger partial charge on any atom is 0.225 e. The zero-order chi connectivity index (χ0) is 17.6. The minimum absolute atomic E-state index is 0.0345. The summed E-state index contributed by atoms with van der Waals surface area (Å²) in [6.45, 7) is 2.45. The molecule has 0 aliphatic carbocycles. The molecule has 3 rings (SSSR count). The zero-order valence-corrected chi connectivity index (χ0v) is 14.7. The van der Waals surface area contributed by atoms with Crippen molar-refractivity contribution < 1.29 is 19.1 Å². The normalized spacial score (nSPS) is 23.1. The summed E-state index contributed by atoms with van der Waals surface area (Å²) in [6.07, 6.45) is 3.24. The van der Waals surface area contributed by atoms with Crippen molar-refractivity contribution >= 4 is 11.8 Å². The Morgan fingerprint density at radius 2 is 2.32 bits per heavy atom. The van der Waals surface area contributed by atoms with Gasteiger partial charge >= 0.3 is 0 Å². The van der Waals surface area contributed by atoms with Crippen LogP contribution in [0.1, 0.15) is 24.8 Å². The fourth-order valence-electron chi connectivity index (χ4n) is 3.42. The van der Waals surface area contributed by atoms with Crippen molar-refractivity contribution in [3.63, 3.8) is 0 Å². The second kappa shape index (κ2) is 8.34. The smallest absolute Gasteiger partial charge is 0.225 e. The van der Waals surface area contributed by atoms with E-state index in [1.54, 1.807) is 12.0 Å². The Labute approximate surface area is 148 Å². The predicted molar refractivity (Wildman–Crippen MR) is 93.4 cm³/mol. The minimum atomic E-state index is -0.251. The number of likely N-dealkylation sites (tertiary alicyclic amines) is 1. The average molecular weight is 346 g/mol. The van der Waals surface area contributed by atoms with Gasteiger partial charge in [0.05, 0.1) is 19.1 Å². The number of ether oxygens (including phenoxy) is 2. The summed E-state index contributed by atoms with van der Waals surface area (Å²) in [4.78, 5) is 26.3. The van der Waals surface area contributed by atoms with E-state index in [2.05, 4.69) is 5.32 Å². The Hall–Kier alpha value is -2.08. The van der Waals surface area contributed by atoms with Crippen molar-refractivity contribution in [2.24, 2.45) is 5.92 Å². The lowest BCUT2D eigenvalue weighted by Crippen LogP contribution is -2.37. The lowest BCUT2D eigenvalue weighted by atomic mass is 10.1. The molecule has 1 N–H and O–H groups in total. The van der Waals surface area contributed by atoms with Crippen molar-refractivity contribution in [3.8, 4) is 5.75 Å².